The lowest BCUT2D eigenvalue weighted by atomic mass is 10.1. The first-order valence-corrected chi connectivity index (χ1v) is 9.59. The van der Waals surface area contributed by atoms with Gasteiger partial charge in [-0.05, 0) is 56.9 Å². The van der Waals surface area contributed by atoms with Gasteiger partial charge in [0.1, 0.15) is 11.6 Å². The lowest BCUT2D eigenvalue weighted by Gasteiger charge is -2.17. The van der Waals surface area contributed by atoms with E-state index in [2.05, 4.69) is 28.9 Å². The zero-order valence-electron chi connectivity index (χ0n) is 17.2. The molecule has 5 nitrogen and oxygen atoms in total. The lowest BCUT2D eigenvalue weighted by Crippen LogP contribution is -2.25. The van der Waals surface area contributed by atoms with Crippen molar-refractivity contribution in [2.75, 3.05) is 20.3 Å². The molecule has 0 spiro atoms. The van der Waals surface area contributed by atoms with E-state index in [9.17, 15) is 10.1 Å². The normalized spacial score (nSPS) is 12.5. The van der Waals surface area contributed by atoms with Crippen molar-refractivity contribution in [3.05, 3.63) is 64.5 Å². The summed E-state index contributed by atoms with van der Waals surface area (Å²) in [7, 11) is 1.68. The summed E-state index contributed by atoms with van der Waals surface area (Å²) in [6.07, 6.45) is 3.40. The summed E-state index contributed by atoms with van der Waals surface area (Å²) in [5, 5.41) is 12.3. The van der Waals surface area contributed by atoms with E-state index >= 15 is 0 Å². The number of aromatic nitrogens is 1. The van der Waals surface area contributed by atoms with Crippen molar-refractivity contribution in [1.29, 1.82) is 5.26 Å². The van der Waals surface area contributed by atoms with E-state index in [0.717, 1.165) is 29.8 Å². The van der Waals surface area contributed by atoms with Gasteiger partial charge >= 0.3 is 0 Å². The summed E-state index contributed by atoms with van der Waals surface area (Å²) >= 11 is 0. The Kier molecular flexibility index (Phi) is 8.03. The van der Waals surface area contributed by atoms with Crippen LogP contribution in [0.25, 0.3) is 6.08 Å². The van der Waals surface area contributed by atoms with Crippen LogP contribution in [0.5, 0.6) is 0 Å². The first kappa shape index (κ1) is 21.5. The smallest absolute Gasteiger partial charge is 0.261 e. The molecule has 0 aliphatic carbocycles. The van der Waals surface area contributed by atoms with Crippen molar-refractivity contribution in [3.8, 4) is 6.07 Å². The van der Waals surface area contributed by atoms with E-state index in [1.54, 1.807) is 13.2 Å². The van der Waals surface area contributed by atoms with Crippen LogP contribution in [0.4, 0.5) is 0 Å². The number of aryl methyl sites for hydroxylation is 2. The van der Waals surface area contributed by atoms with E-state index < -0.39 is 0 Å². The second kappa shape index (κ2) is 10.5. The monoisotopic (exact) mass is 379 g/mol. The zero-order valence-corrected chi connectivity index (χ0v) is 17.2. The fourth-order valence-corrected chi connectivity index (χ4v) is 3.48. The number of benzene rings is 1. The maximum atomic E-state index is 12.4. The SMILES string of the molecule is COCC(C)n1c(C)cc(/C=C(/C#N)C(=O)NCCCc2ccccc2)c1C. The average molecular weight is 380 g/mol. The van der Waals surface area contributed by atoms with E-state index in [4.69, 9.17) is 4.74 Å². The molecule has 0 aliphatic heterocycles. The van der Waals surface area contributed by atoms with E-state index in [-0.39, 0.29) is 17.5 Å². The van der Waals surface area contributed by atoms with Crippen LogP contribution >= 0.6 is 0 Å². The summed E-state index contributed by atoms with van der Waals surface area (Å²) in [4.78, 5) is 12.4. The minimum atomic E-state index is -0.328. The van der Waals surface area contributed by atoms with Gasteiger partial charge in [0.25, 0.3) is 5.91 Å². The Morgan fingerprint density at radius 1 is 1.32 bits per heavy atom. The summed E-state index contributed by atoms with van der Waals surface area (Å²) in [6, 6.07) is 14.4. The third-order valence-corrected chi connectivity index (χ3v) is 4.81. The van der Waals surface area contributed by atoms with Crippen LogP contribution in [0.3, 0.4) is 0 Å². The Morgan fingerprint density at radius 2 is 2.04 bits per heavy atom. The molecular formula is C23H29N3O2. The van der Waals surface area contributed by atoms with Gasteiger partial charge in [-0.15, -0.1) is 0 Å². The molecule has 1 aromatic heterocycles. The quantitative estimate of drug-likeness (QED) is 0.407. The second-order valence-corrected chi connectivity index (χ2v) is 7.02. The molecule has 1 N–H and O–H groups in total. The number of rotatable bonds is 9. The van der Waals surface area contributed by atoms with Gasteiger partial charge in [0.2, 0.25) is 0 Å². The number of carbonyl (C=O) groups is 1. The Labute approximate surface area is 167 Å². The molecular weight excluding hydrogens is 350 g/mol. The maximum Gasteiger partial charge on any atom is 0.261 e. The van der Waals surface area contributed by atoms with Gasteiger partial charge in [-0.2, -0.15) is 5.26 Å². The van der Waals surface area contributed by atoms with Gasteiger partial charge in [-0.3, -0.25) is 4.79 Å². The van der Waals surface area contributed by atoms with Crippen LogP contribution < -0.4 is 5.32 Å². The highest BCUT2D eigenvalue weighted by Crippen LogP contribution is 2.22. The van der Waals surface area contributed by atoms with Crippen LogP contribution in [0, 0.1) is 25.2 Å². The number of nitrogens with one attached hydrogen (secondary N) is 1. The Morgan fingerprint density at radius 3 is 2.68 bits per heavy atom. The van der Waals surface area contributed by atoms with Crippen molar-refractivity contribution in [3.63, 3.8) is 0 Å². The Hall–Kier alpha value is -2.84. The first-order chi connectivity index (χ1) is 13.5. The summed E-state index contributed by atoms with van der Waals surface area (Å²) in [5.41, 5.74) is 4.35. The molecule has 0 radical (unpaired) electrons. The zero-order chi connectivity index (χ0) is 20.5. The van der Waals surface area contributed by atoms with E-state index in [1.165, 1.54) is 5.56 Å². The van der Waals surface area contributed by atoms with Crippen LogP contribution in [0.15, 0.2) is 42.0 Å². The summed E-state index contributed by atoms with van der Waals surface area (Å²) in [5.74, 6) is -0.328. The predicted molar refractivity (Wildman–Crippen MR) is 112 cm³/mol. The third-order valence-electron chi connectivity index (χ3n) is 4.81. The number of nitrogens with zero attached hydrogens (tertiary/aromatic N) is 2. The van der Waals surface area contributed by atoms with Crippen molar-refractivity contribution in [2.45, 2.75) is 39.7 Å². The average Bonchev–Trinajstić information content (AvgIpc) is 2.97. The highest BCUT2D eigenvalue weighted by Gasteiger charge is 2.15. The molecule has 2 aromatic rings. The second-order valence-electron chi connectivity index (χ2n) is 7.02. The maximum absolute atomic E-state index is 12.4. The molecule has 1 heterocycles. The van der Waals surface area contributed by atoms with Gasteiger partial charge in [0, 0.05) is 25.0 Å². The van der Waals surface area contributed by atoms with Crippen molar-refractivity contribution in [2.24, 2.45) is 0 Å². The van der Waals surface area contributed by atoms with E-state index in [1.807, 2.05) is 44.2 Å². The number of nitriles is 1. The van der Waals surface area contributed by atoms with Crippen LogP contribution in [0.1, 0.15) is 41.9 Å². The van der Waals surface area contributed by atoms with Gasteiger partial charge in [-0.25, -0.2) is 0 Å². The molecule has 1 atom stereocenters. The molecule has 28 heavy (non-hydrogen) atoms. The van der Waals surface area contributed by atoms with Crippen molar-refractivity contribution >= 4 is 12.0 Å². The Bertz CT molecular complexity index is 860. The number of ether oxygens (including phenoxy) is 1. The van der Waals surface area contributed by atoms with Crippen LogP contribution in [-0.4, -0.2) is 30.7 Å². The fraction of sp³-hybridized carbons (Fsp3) is 0.391. The summed E-state index contributed by atoms with van der Waals surface area (Å²) < 4.78 is 7.42. The van der Waals surface area contributed by atoms with Gasteiger partial charge in [0.05, 0.1) is 12.6 Å². The fourth-order valence-electron chi connectivity index (χ4n) is 3.48. The van der Waals surface area contributed by atoms with Crippen molar-refractivity contribution in [1.82, 2.24) is 9.88 Å². The highest BCUT2D eigenvalue weighted by molar-refractivity contribution is 6.01. The standard InChI is InChI=1S/C23H29N3O2/c1-17-13-21(19(3)26(17)18(2)16-28-4)14-22(15-24)23(27)25-12-8-11-20-9-6-5-7-10-20/h5-7,9-10,13-14,18H,8,11-12,16H2,1-4H3,(H,25,27)/b22-14-. The lowest BCUT2D eigenvalue weighted by molar-refractivity contribution is -0.117. The Balaban J connectivity index is 2.02. The molecule has 0 fully saturated rings. The molecule has 0 bridgehead atoms. The van der Waals surface area contributed by atoms with E-state index in [0.29, 0.717) is 13.2 Å². The molecule has 0 saturated carbocycles. The number of hydrogen-bond donors (Lipinski definition) is 1. The molecule has 148 valence electrons. The topological polar surface area (TPSA) is 67.0 Å². The molecule has 1 amide bonds. The number of carbonyl (C=O) groups excluding carboxylic acids is 1. The minimum Gasteiger partial charge on any atom is -0.383 e. The minimum absolute atomic E-state index is 0.124. The molecule has 1 unspecified atom stereocenters. The van der Waals surface area contributed by atoms with Gasteiger partial charge < -0.3 is 14.6 Å². The highest BCUT2D eigenvalue weighted by atomic mass is 16.5. The third kappa shape index (κ3) is 5.58. The van der Waals surface area contributed by atoms with Crippen LogP contribution in [0.2, 0.25) is 0 Å². The summed E-state index contributed by atoms with van der Waals surface area (Å²) in [6.45, 7) is 7.24. The predicted octanol–water partition coefficient (Wildman–Crippen LogP) is 3.97. The number of amides is 1. The van der Waals surface area contributed by atoms with Crippen LogP contribution in [-0.2, 0) is 16.0 Å². The first-order valence-electron chi connectivity index (χ1n) is 9.59. The number of methoxy groups -OCH3 is 1. The molecule has 5 heteroatoms. The number of hydrogen-bond acceptors (Lipinski definition) is 3. The molecule has 1 aromatic carbocycles. The van der Waals surface area contributed by atoms with Gasteiger partial charge in [-0.1, -0.05) is 30.3 Å². The van der Waals surface area contributed by atoms with Crippen molar-refractivity contribution < 1.29 is 9.53 Å². The molecule has 2 rings (SSSR count). The molecule has 0 aliphatic rings. The largest absolute Gasteiger partial charge is 0.383 e. The molecule has 0 saturated heterocycles. The van der Waals surface area contributed by atoms with Gasteiger partial charge in [0.15, 0.2) is 0 Å².